The van der Waals surface area contributed by atoms with Crippen LogP contribution >= 0.6 is 0 Å². The molecule has 4 N–H and O–H groups in total. The number of nitrogens with zero attached hydrogens (tertiary/aromatic N) is 1. The van der Waals surface area contributed by atoms with Gasteiger partial charge < -0.3 is 25.3 Å². The molecule has 3 aliphatic rings. The smallest absolute Gasteiger partial charge is 0.159 e. The van der Waals surface area contributed by atoms with Crippen LogP contribution in [0.4, 0.5) is 17.1 Å². The normalized spacial score (nSPS) is 23.3. The molecule has 2 aliphatic carbocycles. The van der Waals surface area contributed by atoms with E-state index in [0.717, 1.165) is 50.5 Å². The number of hydrogen-bond donors (Lipinski definition) is 4. The van der Waals surface area contributed by atoms with E-state index in [2.05, 4.69) is 29.2 Å². The molecule has 0 bridgehead atoms. The number of para-hydroxylation sites is 2. The first kappa shape index (κ1) is 21.8. The molecule has 5 nitrogen and oxygen atoms in total. The number of fused-ring (bicyclic) bond motifs is 8. The van der Waals surface area contributed by atoms with Crippen molar-refractivity contribution in [2.45, 2.75) is 24.4 Å². The van der Waals surface area contributed by atoms with Crippen molar-refractivity contribution in [3.05, 3.63) is 131 Å². The number of aliphatic hydroxyl groups excluding tert-OH is 1. The highest BCUT2D eigenvalue weighted by Crippen LogP contribution is 2.65. The van der Waals surface area contributed by atoms with Gasteiger partial charge in [-0.25, -0.2) is 0 Å². The number of benzene rings is 4. The molecule has 0 amide bonds. The van der Waals surface area contributed by atoms with E-state index in [1.54, 1.807) is 25.1 Å². The Labute approximate surface area is 214 Å². The van der Waals surface area contributed by atoms with Gasteiger partial charge in [0, 0.05) is 18.2 Å². The number of allylic oxidation sites excluding steroid dienone is 2. The molecular weight excluding hydrogens is 462 g/mol. The first-order valence-corrected chi connectivity index (χ1v) is 12.3. The van der Waals surface area contributed by atoms with Crippen molar-refractivity contribution in [3.8, 4) is 11.5 Å². The van der Waals surface area contributed by atoms with Crippen molar-refractivity contribution in [1.29, 1.82) is 0 Å². The molecule has 0 saturated heterocycles. The van der Waals surface area contributed by atoms with Crippen molar-refractivity contribution in [1.82, 2.24) is 0 Å². The molecule has 0 saturated carbocycles. The standard InChI is InChI=1S/C32H25NO4/c1-31(37)18-21-20-11-5-6-12-22(20)32(24(21)16-30(31)36)23-13-7-8-14-26(23)33(19-9-3-2-4-10-19)27-17-29(35)28(34)15-25(27)32/h2-17,34-37H,18H2,1H3. The molecule has 7 rings (SSSR count). The van der Waals surface area contributed by atoms with Gasteiger partial charge in [-0.1, -0.05) is 60.7 Å². The lowest BCUT2D eigenvalue weighted by atomic mass is 9.63. The van der Waals surface area contributed by atoms with Crippen LogP contribution in [0.1, 0.15) is 35.6 Å². The maximum atomic E-state index is 11.0. The summed E-state index contributed by atoms with van der Waals surface area (Å²) in [7, 11) is 0. The van der Waals surface area contributed by atoms with Gasteiger partial charge >= 0.3 is 0 Å². The predicted molar refractivity (Wildman–Crippen MR) is 144 cm³/mol. The second-order valence-corrected chi connectivity index (χ2v) is 10.2. The van der Waals surface area contributed by atoms with Gasteiger partial charge in [0.25, 0.3) is 0 Å². The van der Waals surface area contributed by atoms with Crippen LogP contribution in [-0.4, -0.2) is 26.0 Å². The van der Waals surface area contributed by atoms with Gasteiger partial charge in [-0.3, -0.25) is 0 Å². The fourth-order valence-corrected chi connectivity index (χ4v) is 6.45. The number of anilines is 3. The van der Waals surface area contributed by atoms with Gasteiger partial charge in [0.1, 0.15) is 11.4 Å². The zero-order chi connectivity index (χ0) is 25.5. The highest BCUT2D eigenvalue weighted by molar-refractivity contribution is 5.97. The second kappa shape index (κ2) is 7.28. The summed E-state index contributed by atoms with van der Waals surface area (Å²) in [5, 5.41) is 43.5. The van der Waals surface area contributed by atoms with Crippen molar-refractivity contribution < 1.29 is 20.4 Å². The van der Waals surface area contributed by atoms with Crippen LogP contribution in [0.15, 0.2) is 108 Å². The summed E-state index contributed by atoms with van der Waals surface area (Å²) in [4.78, 5) is 2.10. The number of phenolic OH excluding ortho intramolecular Hbond substituents is 2. The third-order valence-corrected chi connectivity index (χ3v) is 8.04. The third-order valence-electron chi connectivity index (χ3n) is 8.04. The summed E-state index contributed by atoms with van der Waals surface area (Å²) >= 11 is 0. The lowest BCUT2D eigenvalue weighted by Gasteiger charge is -2.46. The Kier molecular flexibility index (Phi) is 4.28. The van der Waals surface area contributed by atoms with Crippen LogP contribution in [-0.2, 0) is 5.41 Å². The first-order chi connectivity index (χ1) is 17.8. The molecule has 1 aliphatic heterocycles. The zero-order valence-electron chi connectivity index (χ0n) is 20.2. The fourth-order valence-electron chi connectivity index (χ4n) is 6.45. The van der Waals surface area contributed by atoms with E-state index < -0.39 is 11.0 Å². The number of rotatable bonds is 1. The third kappa shape index (κ3) is 2.72. The van der Waals surface area contributed by atoms with E-state index in [9.17, 15) is 20.4 Å². The van der Waals surface area contributed by atoms with E-state index in [-0.39, 0.29) is 23.7 Å². The van der Waals surface area contributed by atoms with Crippen molar-refractivity contribution >= 4 is 22.6 Å². The van der Waals surface area contributed by atoms with Crippen molar-refractivity contribution in [2.24, 2.45) is 0 Å². The SMILES string of the molecule is CC1(O)CC2=C(C=C1O)C1(c3ccccc32)c2ccccc2N(c2ccccc2)c2cc(O)c(O)cc21. The summed E-state index contributed by atoms with van der Waals surface area (Å²) < 4.78 is 0. The number of phenols is 2. The van der Waals surface area contributed by atoms with Gasteiger partial charge in [-0.2, -0.15) is 0 Å². The Hall–Kier alpha value is -4.48. The van der Waals surface area contributed by atoms with Gasteiger partial charge in [0.15, 0.2) is 11.5 Å². The minimum atomic E-state index is -1.39. The summed E-state index contributed by atoms with van der Waals surface area (Å²) in [5.74, 6) is -0.515. The lowest BCUT2D eigenvalue weighted by Crippen LogP contribution is -2.38. The first-order valence-electron chi connectivity index (χ1n) is 12.3. The fraction of sp³-hybridized carbons (Fsp3) is 0.125. The summed E-state index contributed by atoms with van der Waals surface area (Å²) in [6.45, 7) is 1.62. The Morgan fingerprint density at radius 1 is 0.703 bits per heavy atom. The van der Waals surface area contributed by atoms with E-state index in [1.165, 1.54) is 0 Å². The topological polar surface area (TPSA) is 84.2 Å². The minimum Gasteiger partial charge on any atom is -0.509 e. The zero-order valence-corrected chi connectivity index (χ0v) is 20.2. The van der Waals surface area contributed by atoms with Gasteiger partial charge in [-0.15, -0.1) is 0 Å². The molecule has 0 aromatic heterocycles. The highest BCUT2D eigenvalue weighted by Gasteiger charge is 2.55. The Bertz CT molecular complexity index is 1670. The van der Waals surface area contributed by atoms with Crippen LogP contribution in [0.2, 0.25) is 0 Å². The average molecular weight is 488 g/mol. The number of aliphatic hydroxyl groups is 2. The van der Waals surface area contributed by atoms with E-state index in [0.29, 0.717) is 0 Å². The Balaban J connectivity index is 1.67. The van der Waals surface area contributed by atoms with Crippen LogP contribution in [0.25, 0.3) is 5.57 Å². The van der Waals surface area contributed by atoms with Crippen LogP contribution in [0, 0.1) is 0 Å². The Morgan fingerprint density at radius 3 is 2.14 bits per heavy atom. The number of hydrogen-bond acceptors (Lipinski definition) is 5. The molecular formula is C32H25NO4. The molecule has 37 heavy (non-hydrogen) atoms. The molecule has 4 aromatic rings. The molecule has 0 fully saturated rings. The molecule has 0 radical (unpaired) electrons. The van der Waals surface area contributed by atoms with E-state index >= 15 is 0 Å². The van der Waals surface area contributed by atoms with E-state index in [1.807, 2.05) is 54.6 Å². The van der Waals surface area contributed by atoms with Crippen LogP contribution in [0.5, 0.6) is 11.5 Å². The van der Waals surface area contributed by atoms with Crippen LogP contribution < -0.4 is 4.90 Å². The summed E-state index contributed by atoms with van der Waals surface area (Å²) in [6, 6.07) is 29.4. The largest absolute Gasteiger partial charge is 0.509 e. The molecule has 1 spiro atoms. The molecule has 4 aromatic carbocycles. The lowest BCUT2D eigenvalue weighted by molar-refractivity contribution is 0.0560. The monoisotopic (exact) mass is 487 g/mol. The molecule has 5 heteroatoms. The molecule has 182 valence electrons. The average Bonchev–Trinajstić information content (AvgIpc) is 3.16. The van der Waals surface area contributed by atoms with Crippen LogP contribution in [0.3, 0.4) is 0 Å². The van der Waals surface area contributed by atoms with Gasteiger partial charge in [0.05, 0.1) is 16.8 Å². The summed E-state index contributed by atoms with van der Waals surface area (Å²) in [6.07, 6.45) is 1.95. The summed E-state index contributed by atoms with van der Waals surface area (Å²) in [5.41, 5.74) is 5.92. The minimum absolute atomic E-state index is 0.0917. The molecule has 1 heterocycles. The van der Waals surface area contributed by atoms with Gasteiger partial charge in [-0.05, 0) is 70.7 Å². The molecule has 2 unspecified atom stereocenters. The predicted octanol–water partition coefficient (Wildman–Crippen LogP) is 6.58. The number of aromatic hydroxyl groups is 2. The van der Waals surface area contributed by atoms with E-state index in [4.69, 9.17) is 0 Å². The van der Waals surface area contributed by atoms with Gasteiger partial charge in [0.2, 0.25) is 0 Å². The maximum Gasteiger partial charge on any atom is 0.159 e. The van der Waals surface area contributed by atoms with Crippen molar-refractivity contribution in [2.75, 3.05) is 4.90 Å². The maximum absolute atomic E-state index is 11.0. The second-order valence-electron chi connectivity index (χ2n) is 10.2. The highest BCUT2D eigenvalue weighted by atomic mass is 16.3. The van der Waals surface area contributed by atoms with Crippen molar-refractivity contribution in [3.63, 3.8) is 0 Å². The molecule has 2 atom stereocenters. The quantitative estimate of drug-likeness (QED) is 0.228. The Morgan fingerprint density at radius 2 is 1.35 bits per heavy atom.